The Hall–Kier alpha value is -2.77. The fourth-order valence-corrected chi connectivity index (χ4v) is 3.91. The number of esters is 1. The van der Waals surface area contributed by atoms with Crippen molar-refractivity contribution in [2.75, 3.05) is 32.2 Å². The maximum absolute atomic E-state index is 12.3. The van der Waals surface area contributed by atoms with Gasteiger partial charge < -0.3 is 19.8 Å². The molecule has 1 aliphatic heterocycles. The van der Waals surface area contributed by atoms with Crippen LogP contribution in [0.1, 0.15) is 57.8 Å². The Labute approximate surface area is 183 Å². The Kier molecular flexibility index (Phi) is 6.77. The number of likely N-dealkylation sites (tertiary alicyclic amines) is 1. The number of hydrogen-bond acceptors (Lipinski definition) is 6. The maximum Gasteiger partial charge on any atom is 0.410 e. The van der Waals surface area contributed by atoms with Gasteiger partial charge in [0.05, 0.1) is 24.1 Å². The van der Waals surface area contributed by atoms with Gasteiger partial charge in [-0.1, -0.05) is 13.0 Å². The number of aryl methyl sites for hydroxylation is 1. The van der Waals surface area contributed by atoms with E-state index in [0.29, 0.717) is 25.6 Å². The first kappa shape index (κ1) is 22.9. The summed E-state index contributed by atoms with van der Waals surface area (Å²) in [4.78, 5) is 30.4. The summed E-state index contributed by atoms with van der Waals surface area (Å²) in [7, 11) is 1.40. The number of fused-ring (bicyclic) bond motifs is 1. The monoisotopic (exact) mass is 430 g/mol. The van der Waals surface area contributed by atoms with Gasteiger partial charge >= 0.3 is 12.1 Å². The fraction of sp³-hybridized carbons (Fsp3) is 0.609. The number of methoxy groups -OCH3 is 1. The van der Waals surface area contributed by atoms with Gasteiger partial charge in [0.25, 0.3) is 0 Å². The van der Waals surface area contributed by atoms with Crippen molar-refractivity contribution in [1.29, 1.82) is 0 Å². The molecule has 2 heterocycles. The number of nitrogens with one attached hydrogen (secondary N) is 1. The molecular weight excluding hydrogens is 396 g/mol. The van der Waals surface area contributed by atoms with E-state index in [0.717, 1.165) is 29.7 Å². The van der Waals surface area contributed by atoms with Crippen molar-refractivity contribution in [3.05, 3.63) is 29.6 Å². The van der Waals surface area contributed by atoms with E-state index in [-0.39, 0.29) is 18.0 Å². The number of benzene rings is 1. The minimum absolute atomic E-state index is 0.233. The molecule has 170 valence electrons. The van der Waals surface area contributed by atoms with E-state index in [1.54, 1.807) is 4.90 Å². The van der Waals surface area contributed by atoms with Crippen molar-refractivity contribution in [3.8, 4) is 0 Å². The van der Waals surface area contributed by atoms with E-state index in [2.05, 4.69) is 23.6 Å². The molecule has 1 aliphatic rings. The van der Waals surface area contributed by atoms with Crippen LogP contribution in [-0.2, 0) is 14.3 Å². The van der Waals surface area contributed by atoms with E-state index in [1.807, 2.05) is 39.3 Å². The Morgan fingerprint density at radius 2 is 1.94 bits per heavy atom. The largest absolute Gasteiger partial charge is 0.469 e. The first-order valence-corrected chi connectivity index (χ1v) is 10.9. The zero-order valence-electron chi connectivity index (χ0n) is 19.4. The topological polar surface area (TPSA) is 85.7 Å². The van der Waals surface area contributed by atoms with Gasteiger partial charge in [-0.15, -0.1) is 0 Å². The molecule has 1 aromatic carbocycles. The molecule has 0 bridgehead atoms. The van der Waals surface area contributed by atoms with E-state index < -0.39 is 5.60 Å². The normalized spacial score (nSPS) is 16.3. The summed E-state index contributed by atoms with van der Waals surface area (Å²) in [5.41, 5.74) is 5.94. The summed E-state index contributed by atoms with van der Waals surface area (Å²) in [5, 5.41) is 0. The number of imidazole rings is 1. The van der Waals surface area contributed by atoms with Crippen LogP contribution in [0.15, 0.2) is 18.2 Å². The molecule has 1 amide bonds. The van der Waals surface area contributed by atoms with Crippen LogP contribution in [0.4, 0.5) is 4.79 Å². The van der Waals surface area contributed by atoms with Crippen LogP contribution in [0.3, 0.4) is 0 Å². The van der Waals surface area contributed by atoms with E-state index in [9.17, 15) is 9.59 Å². The lowest BCUT2D eigenvalue weighted by Gasteiger charge is -2.33. The highest BCUT2D eigenvalue weighted by atomic mass is 16.6. The molecule has 8 heteroatoms. The van der Waals surface area contributed by atoms with Crippen molar-refractivity contribution in [2.45, 2.75) is 59.0 Å². The van der Waals surface area contributed by atoms with Crippen LogP contribution < -0.4 is 5.43 Å². The van der Waals surface area contributed by atoms with Crippen LogP contribution in [-0.4, -0.2) is 59.0 Å². The van der Waals surface area contributed by atoms with Crippen LogP contribution >= 0.6 is 0 Å². The van der Waals surface area contributed by atoms with Gasteiger partial charge in [-0.25, -0.2) is 14.5 Å². The van der Waals surface area contributed by atoms with E-state index in [1.165, 1.54) is 12.7 Å². The second-order valence-electron chi connectivity index (χ2n) is 9.27. The lowest BCUT2D eigenvalue weighted by Crippen LogP contribution is -2.41. The van der Waals surface area contributed by atoms with E-state index in [4.69, 9.17) is 14.5 Å². The zero-order valence-corrected chi connectivity index (χ0v) is 19.4. The maximum atomic E-state index is 12.3. The molecule has 1 unspecified atom stereocenters. The zero-order chi connectivity index (χ0) is 22.8. The van der Waals surface area contributed by atoms with Crippen LogP contribution in [0, 0.1) is 12.8 Å². The number of aromatic nitrogens is 2. The Morgan fingerprint density at radius 3 is 2.55 bits per heavy atom. The molecule has 31 heavy (non-hydrogen) atoms. The van der Waals surface area contributed by atoms with Crippen molar-refractivity contribution in [2.24, 2.45) is 5.92 Å². The van der Waals surface area contributed by atoms with Gasteiger partial charge in [0.2, 0.25) is 0 Å². The minimum Gasteiger partial charge on any atom is -0.469 e. The lowest BCUT2D eigenvalue weighted by atomic mass is 9.89. The quantitative estimate of drug-likeness (QED) is 0.726. The fourth-order valence-electron chi connectivity index (χ4n) is 3.91. The van der Waals surface area contributed by atoms with Crippen LogP contribution in [0.2, 0.25) is 0 Å². The highest BCUT2D eigenvalue weighted by molar-refractivity contribution is 5.77. The standard InChI is InChI=1S/C23H34N4O4/c1-15(21(28)30-6)14-24-27-16(2)25-19-13-18(7-8-20(19)27)17-9-11-26(12-10-17)22(29)31-23(3,4)5/h7-8,13,15,17,24H,9-12,14H2,1-6H3. The van der Waals surface area contributed by atoms with Crippen LogP contribution in [0.5, 0.6) is 0 Å². The molecule has 1 atom stereocenters. The van der Waals surface area contributed by atoms with E-state index >= 15 is 0 Å². The van der Waals surface area contributed by atoms with Gasteiger partial charge in [0.15, 0.2) is 0 Å². The summed E-state index contributed by atoms with van der Waals surface area (Å²) in [6.45, 7) is 11.3. The molecule has 2 aromatic rings. The third-order valence-corrected chi connectivity index (χ3v) is 5.62. The second kappa shape index (κ2) is 9.16. The first-order valence-electron chi connectivity index (χ1n) is 10.9. The van der Waals surface area contributed by atoms with Gasteiger partial charge in [0, 0.05) is 19.6 Å². The minimum atomic E-state index is -0.474. The number of carbonyl (C=O) groups is 2. The molecule has 0 spiro atoms. The summed E-state index contributed by atoms with van der Waals surface area (Å²) < 4.78 is 12.2. The van der Waals surface area contributed by atoms with Gasteiger partial charge in [0.1, 0.15) is 11.4 Å². The Balaban J connectivity index is 1.66. The Morgan fingerprint density at radius 1 is 1.26 bits per heavy atom. The van der Waals surface area contributed by atoms with Crippen molar-refractivity contribution < 1.29 is 19.1 Å². The molecule has 3 rings (SSSR count). The molecule has 0 aliphatic carbocycles. The van der Waals surface area contributed by atoms with Crippen molar-refractivity contribution in [3.63, 3.8) is 0 Å². The number of rotatable bonds is 5. The average Bonchev–Trinajstić information content (AvgIpc) is 3.04. The van der Waals surface area contributed by atoms with Gasteiger partial charge in [-0.3, -0.25) is 4.79 Å². The smallest absolute Gasteiger partial charge is 0.410 e. The molecule has 1 saturated heterocycles. The average molecular weight is 431 g/mol. The second-order valence-corrected chi connectivity index (χ2v) is 9.27. The molecule has 8 nitrogen and oxygen atoms in total. The molecule has 0 saturated carbocycles. The summed E-state index contributed by atoms with van der Waals surface area (Å²) in [6, 6.07) is 6.35. The molecule has 0 radical (unpaired) electrons. The highest BCUT2D eigenvalue weighted by Gasteiger charge is 2.27. The number of ether oxygens (including phenoxy) is 2. The highest BCUT2D eigenvalue weighted by Crippen LogP contribution is 2.30. The predicted molar refractivity (Wildman–Crippen MR) is 120 cm³/mol. The van der Waals surface area contributed by atoms with Crippen molar-refractivity contribution in [1.82, 2.24) is 14.6 Å². The predicted octanol–water partition coefficient (Wildman–Crippen LogP) is 3.81. The molecule has 1 aromatic heterocycles. The molecular formula is C23H34N4O4. The van der Waals surface area contributed by atoms with Gasteiger partial charge in [-0.2, -0.15) is 0 Å². The summed E-state index contributed by atoms with van der Waals surface area (Å²) >= 11 is 0. The third-order valence-electron chi connectivity index (χ3n) is 5.62. The number of amides is 1. The summed E-state index contributed by atoms with van der Waals surface area (Å²) in [6.07, 6.45) is 1.57. The molecule has 1 fully saturated rings. The lowest BCUT2D eigenvalue weighted by molar-refractivity contribution is -0.144. The van der Waals surface area contributed by atoms with Gasteiger partial charge in [-0.05, 0) is 64.2 Å². The number of piperidine rings is 1. The third kappa shape index (κ3) is 5.48. The summed E-state index contributed by atoms with van der Waals surface area (Å²) in [5.74, 6) is 0.732. The van der Waals surface area contributed by atoms with Crippen molar-refractivity contribution >= 4 is 23.1 Å². The Bertz CT molecular complexity index is 939. The SMILES string of the molecule is COC(=O)C(C)CNn1c(C)nc2cc(C3CCN(C(=O)OC(C)(C)C)CC3)ccc21. The van der Waals surface area contributed by atoms with Crippen LogP contribution in [0.25, 0.3) is 11.0 Å². The number of nitrogens with zero attached hydrogens (tertiary/aromatic N) is 3. The first-order chi connectivity index (χ1) is 14.6. The molecule has 1 N–H and O–H groups in total. The number of hydrogen-bond donors (Lipinski definition) is 1. The number of carbonyl (C=O) groups excluding carboxylic acids is 2.